The van der Waals surface area contributed by atoms with E-state index in [0.29, 0.717) is 6.54 Å². The first-order chi connectivity index (χ1) is 8.54. The molecule has 0 fully saturated rings. The highest BCUT2D eigenvalue weighted by atomic mass is 79.9. The fraction of sp³-hybridized carbons (Fsp3) is 0.357. The van der Waals surface area contributed by atoms with Crippen molar-refractivity contribution in [3.63, 3.8) is 0 Å². The number of hydrogen-bond donors (Lipinski definition) is 1. The van der Waals surface area contributed by atoms with Crippen LogP contribution in [0.25, 0.3) is 5.69 Å². The van der Waals surface area contributed by atoms with E-state index in [9.17, 15) is 0 Å². The summed E-state index contributed by atoms with van der Waals surface area (Å²) in [6.07, 6.45) is 0.924. The molecular weight excluding hydrogens is 290 g/mol. The lowest BCUT2D eigenvalue weighted by Crippen LogP contribution is -2.05. The maximum absolute atomic E-state index is 5.60. The molecule has 0 amide bonds. The van der Waals surface area contributed by atoms with Gasteiger partial charge in [0.2, 0.25) is 0 Å². The number of rotatable bonds is 3. The molecule has 96 valence electrons. The average Bonchev–Trinajstić information content (AvgIpc) is 2.60. The Morgan fingerprint density at radius 2 is 2.00 bits per heavy atom. The van der Waals surface area contributed by atoms with E-state index in [-0.39, 0.29) is 0 Å². The van der Waals surface area contributed by atoms with Gasteiger partial charge in [0.25, 0.3) is 0 Å². The molecule has 0 bridgehead atoms. The van der Waals surface area contributed by atoms with Gasteiger partial charge in [0, 0.05) is 0 Å². The van der Waals surface area contributed by atoms with Gasteiger partial charge in [0.05, 0.1) is 21.5 Å². The highest BCUT2D eigenvalue weighted by Gasteiger charge is 2.10. The minimum Gasteiger partial charge on any atom is -0.330 e. The molecule has 0 unspecified atom stereocenters. The summed E-state index contributed by atoms with van der Waals surface area (Å²) in [7, 11) is 0. The SMILES string of the molecule is Cc1cc(-n2nc(C)c(Br)c2C)ccc1CCN. The second-order valence-corrected chi connectivity index (χ2v) is 5.34. The largest absolute Gasteiger partial charge is 0.330 e. The zero-order valence-electron chi connectivity index (χ0n) is 11.0. The van der Waals surface area contributed by atoms with Crippen molar-refractivity contribution in [1.29, 1.82) is 0 Å². The standard InChI is InChI=1S/C14H18BrN3/c1-9-8-13(5-4-12(9)6-7-16)18-11(3)14(15)10(2)17-18/h4-5,8H,6-7,16H2,1-3H3. The molecule has 2 aromatic rings. The first kappa shape index (κ1) is 13.3. The minimum atomic E-state index is 0.686. The molecule has 0 spiro atoms. The van der Waals surface area contributed by atoms with Crippen LogP contribution in [0.2, 0.25) is 0 Å². The summed E-state index contributed by atoms with van der Waals surface area (Å²) < 4.78 is 3.05. The molecule has 0 aliphatic rings. The van der Waals surface area contributed by atoms with Crippen LogP contribution in [0.1, 0.15) is 22.5 Å². The minimum absolute atomic E-state index is 0.686. The van der Waals surface area contributed by atoms with Gasteiger partial charge in [-0.15, -0.1) is 0 Å². The molecule has 4 heteroatoms. The van der Waals surface area contributed by atoms with Gasteiger partial charge in [-0.2, -0.15) is 5.10 Å². The van der Waals surface area contributed by atoms with E-state index < -0.39 is 0 Å². The molecule has 1 heterocycles. The quantitative estimate of drug-likeness (QED) is 0.947. The Hall–Kier alpha value is -1.13. The Morgan fingerprint density at radius 3 is 2.50 bits per heavy atom. The third-order valence-electron chi connectivity index (χ3n) is 3.19. The van der Waals surface area contributed by atoms with Crippen LogP contribution in [0.3, 0.4) is 0 Å². The number of nitrogens with two attached hydrogens (primary N) is 1. The van der Waals surface area contributed by atoms with E-state index in [1.165, 1.54) is 11.1 Å². The molecule has 0 saturated heterocycles. The number of aromatic nitrogens is 2. The van der Waals surface area contributed by atoms with Crippen LogP contribution in [0, 0.1) is 20.8 Å². The maximum atomic E-state index is 5.60. The lowest BCUT2D eigenvalue weighted by molar-refractivity contribution is 0.830. The van der Waals surface area contributed by atoms with Crippen molar-refractivity contribution in [2.24, 2.45) is 5.73 Å². The summed E-state index contributed by atoms with van der Waals surface area (Å²) in [5, 5.41) is 4.54. The molecule has 2 rings (SSSR count). The lowest BCUT2D eigenvalue weighted by atomic mass is 10.1. The molecule has 0 aliphatic carbocycles. The van der Waals surface area contributed by atoms with Crippen molar-refractivity contribution < 1.29 is 0 Å². The zero-order valence-corrected chi connectivity index (χ0v) is 12.6. The molecule has 0 aliphatic heterocycles. The zero-order chi connectivity index (χ0) is 13.3. The number of nitrogens with zero attached hydrogens (tertiary/aromatic N) is 2. The van der Waals surface area contributed by atoms with Crippen LogP contribution < -0.4 is 5.73 Å². The van der Waals surface area contributed by atoms with Gasteiger partial charge in [-0.25, -0.2) is 4.68 Å². The van der Waals surface area contributed by atoms with Crippen LogP contribution in [-0.2, 0) is 6.42 Å². The molecule has 1 aromatic carbocycles. The van der Waals surface area contributed by atoms with E-state index in [1.54, 1.807) is 0 Å². The van der Waals surface area contributed by atoms with Crippen molar-refractivity contribution in [1.82, 2.24) is 9.78 Å². The second kappa shape index (κ2) is 5.24. The summed E-state index contributed by atoms with van der Waals surface area (Å²) in [5.74, 6) is 0. The van der Waals surface area contributed by atoms with Crippen molar-refractivity contribution in [2.45, 2.75) is 27.2 Å². The predicted molar refractivity (Wildman–Crippen MR) is 78.2 cm³/mol. The predicted octanol–water partition coefficient (Wildman–Crippen LogP) is 3.06. The van der Waals surface area contributed by atoms with Gasteiger partial charge in [-0.1, -0.05) is 6.07 Å². The molecule has 18 heavy (non-hydrogen) atoms. The number of benzene rings is 1. The topological polar surface area (TPSA) is 43.8 Å². The van der Waals surface area contributed by atoms with Crippen LogP contribution in [-0.4, -0.2) is 16.3 Å². The second-order valence-electron chi connectivity index (χ2n) is 4.55. The van der Waals surface area contributed by atoms with Gasteiger partial charge >= 0.3 is 0 Å². The summed E-state index contributed by atoms with van der Waals surface area (Å²) in [4.78, 5) is 0. The van der Waals surface area contributed by atoms with E-state index >= 15 is 0 Å². The summed E-state index contributed by atoms with van der Waals surface area (Å²) in [5.41, 5.74) is 11.4. The molecule has 0 atom stereocenters. The summed E-state index contributed by atoms with van der Waals surface area (Å²) in [6, 6.07) is 6.41. The first-order valence-electron chi connectivity index (χ1n) is 6.06. The first-order valence-corrected chi connectivity index (χ1v) is 6.85. The van der Waals surface area contributed by atoms with Crippen molar-refractivity contribution in [2.75, 3.05) is 6.54 Å². The van der Waals surface area contributed by atoms with Crippen molar-refractivity contribution in [3.8, 4) is 5.69 Å². The summed E-state index contributed by atoms with van der Waals surface area (Å²) in [6.45, 7) is 6.87. The van der Waals surface area contributed by atoms with E-state index in [2.05, 4.69) is 53.1 Å². The monoisotopic (exact) mass is 307 g/mol. The number of hydrogen-bond acceptors (Lipinski definition) is 2. The number of aryl methyl sites for hydroxylation is 2. The molecule has 0 saturated carbocycles. The molecule has 0 radical (unpaired) electrons. The average molecular weight is 308 g/mol. The van der Waals surface area contributed by atoms with Gasteiger partial charge in [-0.05, 0) is 72.9 Å². The van der Waals surface area contributed by atoms with Crippen molar-refractivity contribution >= 4 is 15.9 Å². The molecule has 3 nitrogen and oxygen atoms in total. The molecule has 1 aromatic heterocycles. The van der Waals surface area contributed by atoms with Crippen LogP contribution in [0.4, 0.5) is 0 Å². The van der Waals surface area contributed by atoms with Gasteiger partial charge in [0.15, 0.2) is 0 Å². The Labute approximate surface area is 116 Å². The van der Waals surface area contributed by atoms with Gasteiger partial charge in [-0.3, -0.25) is 0 Å². The van der Waals surface area contributed by atoms with E-state index in [0.717, 1.165) is 28.0 Å². The lowest BCUT2D eigenvalue weighted by Gasteiger charge is -2.09. The fourth-order valence-electron chi connectivity index (χ4n) is 2.12. The third-order valence-corrected chi connectivity index (χ3v) is 4.34. The molecular formula is C14H18BrN3. The normalized spacial score (nSPS) is 10.9. The van der Waals surface area contributed by atoms with Gasteiger partial charge in [0.1, 0.15) is 0 Å². The van der Waals surface area contributed by atoms with Crippen LogP contribution >= 0.6 is 15.9 Å². The van der Waals surface area contributed by atoms with Crippen LogP contribution in [0.15, 0.2) is 22.7 Å². The highest BCUT2D eigenvalue weighted by molar-refractivity contribution is 9.10. The van der Waals surface area contributed by atoms with Crippen molar-refractivity contribution in [3.05, 3.63) is 45.2 Å². The Morgan fingerprint density at radius 1 is 1.28 bits per heavy atom. The van der Waals surface area contributed by atoms with E-state index in [1.807, 2.05) is 11.6 Å². The Bertz CT molecular complexity index is 573. The highest BCUT2D eigenvalue weighted by Crippen LogP contribution is 2.24. The maximum Gasteiger partial charge on any atom is 0.0743 e. The fourth-order valence-corrected chi connectivity index (χ4v) is 2.37. The Balaban J connectivity index is 2.45. The Kier molecular flexibility index (Phi) is 3.88. The van der Waals surface area contributed by atoms with Gasteiger partial charge < -0.3 is 5.73 Å². The number of halogens is 1. The smallest absolute Gasteiger partial charge is 0.0743 e. The third kappa shape index (κ3) is 2.35. The summed E-state index contributed by atoms with van der Waals surface area (Å²) >= 11 is 3.56. The molecule has 2 N–H and O–H groups in total. The van der Waals surface area contributed by atoms with E-state index in [4.69, 9.17) is 5.73 Å². The van der Waals surface area contributed by atoms with Crippen LogP contribution in [0.5, 0.6) is 0 Å².